The number of carboxylic acid groups (broad SMARTS) is 1. The van der Waals surface area contributed by atoms with Gasteiger partial charge in [0.05, 0.1) is 12.0 Å². The van der Waals surface area contributed by atoms with Gasteiger partial charge in [0, 0.05) is 5.54 Å². The fourth-order valence-corrected chi connectivity index (χ4v) is 5.05. The maximum atomic E-state index is 12.5. The van der Waals surface area contributed by atoms with Crippen LogP contribution in [-0.4, -0.2) is 26.8 Å². The zero-order chi connectivity index (χ0) is 27.9. The van der Waals surface area contributed by atoms with Gasteiger partial charge in [0.15, 0.2) is 0 Å². The summed E-state index contributed by atoms with van der Waals surface area (Å²) in [5.41, 5.74) is 2.75. The van der Waals surface area contributed by atoms with E-state index in [-0.39, 0.29) is 29.2 Å². The molecule has 0 spiro atoms. The predicted octanol–water partition coefficient (Wildman–Crippen LogP) is 8.15. The Bertz CT molecular complexity index is 1120. The van der Waals surface area contributed by atoms with Crippen LogP contribution in [0, 0.1) is 11.8 Å². The van der Waals surface area contributed by atoms with Crippen LogP contribution in [0.3, 0.4) is 0 Å². The van der Waals surface area contributed by atoms with Crippen molar-refractivity contribution in [2.75, 3.05) is 0 Å². The number of carbonyl (C=O) groups is 1. The zero-order valence-electron chi connectivity index (χ0n) is 23.5. The van der Waals surface area contributed by atoms with E-state index in [2.05, 4.69) is 53.7 Å². The van der Waals surface area contributed by atoms with Crippen molar-refractivity contribution in [3.8, 4) is 5.75 Å². The molecule has 0 heterocycles. The highest BCUT2D eigenvalue weighted by Gasteiger charge is 2.37. The van der Waals surface area contributed by atoms with Gasteiger partial charge in [-0.2, -0.15) is 5.06 Å². The van der Waals surface area contributed by atoms with E-state index in [0.29, 0.717) is 12.8 Å². The number of benzene rings is 3. The van der Waals surface area contributed by atoms with Gasteiger partial charge in [-0.1, -0.05) is 93.6 Å². The summed E-state index contributed by atoms with van der Waals surface area (Å²) in [6.07, 6.45) is 0.298. The Labute approximate surface area is 228 Å². The molecule has 0 aliphatic heterocycles. The third-order valence-electron chi connectivity index (χ3n) is 7.05. The maximum absolute atomic E-state index is 12.5. The van der Waals surface area contributed by atoms with Crippen LogP contribution in [0.25, 0.3) is 0 Å². The van der Waals surface area contributed by atoms with Crippen LogP contribution in [0.15, 0.2) is 84.9 Å². The second-order valence-corrected chi connectivity index (χ2v) is 11.6. The van der Waals surface area contributed by atoms with Crippen molar-refractivity contribution in [2.45, 2.75) is 78.0 Å². The van der Waals surface area contributed by atoms with Crippen molar-refractivity contribution < 1.29 is 19.8 Å². The SMILES string of the molecule is CC(CC(CC(ON(C(c1ccccc1)C(C)C)C(C)(C)C)c1ccc(O)cc1)C(=O)O)c1ccccc1. The van der Waals surface area contributed by atoms with Crippen LogP contribution in [0.1, 0.15) is 89.1 Å². The van der Waals surface area contributed by atoms with Crippen molar-refractivity contribution in [1.82, 2.24) is 5.06 Å². The number of phenols is 1. The van der Waals surface area contributed by atoms with Gasteiger partial charge in [-0.3, -0.25) is 9.63 Å². The van der Waals surface area contributed by atoms with Gasteiger partial charge in [0.25, 0.3) is 0 Å². The third kappa shape index (κ3) is 7.92. The highest BCUT2D eigenvalue weighted by atomic mass is 16.7. The summed E-state index contributed by atoms with van der Waals surface area (Å²) in [7, 11) is 0. The van der Waals surface area contributed by atoms with Crippen LogP contribution < -0.4 is 0 Å². The summed E-state index contributed by atoms with van der Waals surface area (Å²) in [4.78, 5) is 19.4. The standard InChI is InChI=1S/C33H43NO4/c1-23(2)31(27-15-11-8-12-16-27)34(33(4,5)6)38-30(26-17-19-29(35)20-18-26)22-28(32(36)37)21-24(3)25-13-9-7-10-14-25/h7-20,23-24,28,30-31,35H,21-22H2,1-6H3,(H,36,37). The van der Waals surface area contributed by atoms with Gasteiger partial charge >= 0.3 is 5.97 Å². The van der Waals surface area contributed by atoms with Crippen LogP contribution in [0.5, 0.6) is 5.75 Å². The van der Waals surface area contributed by atoms with E-state index in [0.717, 1.165) is 16.7 Å². The number of phenolic OH excluding ortho intramolecular Hbond substituents is 1. The molecule has 0 saturated heterocycles. The molecule has 2 N–H and O–H groups in total. The Kier molecular flexibility index (Phi) is 10.1. The minimum absolute atomic E-state index is 0.0395. The summed E-state index contributed by atoms with van der Waals surface area (Å²) in [5.74, 6) is -0.947. The Morgan fingerprint density at radius 1 is 0.789 bits per heavy atom. The second-order valence-electron chi connectivity index (χ2n) is 11.6. The minimum Gasteiger partial charge on any atom is -0.508 e. The molecule has 5 nitrogen and oxygen atoms in total. The van der Waals surface area contributed by atoms with E-state index in [9.17, 15) is 15.0 Å². The fourth-order valence-electron chi connectivity index (χ4n) is 5.05. The van der Waals surface area contributed by atoms with Gasteiger partial charge in [0.2, 0.25) is 0 Å². The first-order valence-corrected chi connectivity index (χ1v) is 13.5. The summed E-state index contributed by atoms with van der Waals surface area (Å²) >= 11 is 0. The van der Waals surface area contributed by atoms with E-state index in [4.69, 9.17) is 4.84 Å². The summed E-state index contributed by atoms with van der Waals surface area (Å²) in [5, 5.41) is 22.2. The van der Waals surface area contributed by atoms with Crippen molar-refractivity contribution in [2.24, 2.45) is 11.8 Å². The molecule has 4 atom stereocenters. The minimum atomic E-state index is -0.828. The van der Waals surface area contributed by atoms with Gasteiger partial charge in [-0.25, -0.2) is 0 Å². The lowest BCUT2D eigenvalue weighted by Crippen LogP contribution is -2.46. The monoisotopic (exact) mass is 517 g/mol. The van der Waals surface area contributed by atoms with Crippen molar-refractivity contribution in [1.29, 1.82) is 0 Å². The van der Waals surface area contributed by atoms with Gasteiger partial charge in [-0.15, -0.1) is 0 Å². The van der Waals surface area contributed by atoms with E-state index in [1.54, 1.807) is 12.1 Å². The molecular formula is C33H43NO4. The molecule has 38 heavy (non-hydrogen) atoms. The number of rotatable bonds is 12. The van der Waals surface area contributed by atoms with Crippen molar-refractivity contribution >= 4 is 5.97 Å². The quantitative estimate of drug-likeness (QED) is 0.237. The molecule has 0 amide bonds. The zero-order valence-corrected chi connectivity index (χ0v) is 23.5. The van der Waals surface area contributed by atoms with Crippen molar-refractivity contribution in [3.63, 3.8) is 0 Å². The number of hydrogen-bond donors (Lipinski definition) is 2. The highest BCUT2D eigenvalue weighted by molar-refractivity contribution is 5.70. The summed E-state index contributed by atoms with van der Waals surface area (Å²) < 4.78 is 0. The fraction of sp³-hybridized carbons (Fsp3) is 0.424. The average molecular weight is 518 g/mol. The van der Waals surface area contributed by atoms with Gasteiger partial charge in [0.1, 0.15) is 11.9 Å². The number of carboxylic acids is 1. The van der Waals surface area contributed by atoms with E-state index < -0.39 is 18.0 Å². The normalized spacial score (nSPS) is 15.3. The Hall–Kier alpha value is -3.15. The van der Waals surface area contributed by atoms with Crippen LogP contribution in [0.2, 0.25) is 0 Å². The topological polar surface area (TPSA) is 70.0 Å². The number of aliphatic carboxylic acids is 1. The summed E-state index contributed by atoms with van der Waals surface area (Å²) in [6.45, 7) is 12.8. The lowest BCUT2D eigenvalue weighted by atomic mass is 9.86. The molecule has 3 aromatic carbocycles. The first-order chi connectivity index (χ1) is 18.0. The molecule has 0 bridgehead atoms. The third-order valence-corrected chi connectivity index (χ3v) is 7.05. The lowest BCUT2D eigenvalue weighted by Gasteiger charge is -2.44. The molecule has 3 aromatic rings. The molecule has 5 heteroatoms. The van der Waals surface area contributed by atoms with E-state index >= 15 is 0 Å². The first kappa shape index (κ1) is 29.4. The largest absolute Gasteiger partial charge is 0.508 e. The lowest BCUT2D eigenvalue weighted by molar-refractivity contribution is -0.279. The molecule has 0 radical (unpaired) electrons. The second kappa shape index (κ2) is 13.1. The average Bonchev–Trinajstić information content (AvgIpc) is 2.88. The molecule has 3 rings (SSSR count). The number of aromatic hydroxyl groups is 1. The number of nitrogens with zero attached hydrogens (tertiary/aromatic N) is 1. The smallest absolute Gasteiger partial charge is 0.306 e. The van der Waals surface area contributed by atoms with Crippen molar-refractivity contribution in [3.05, 3.63) is 102 Å². The van der Waals surface area contributed by atoms with E-state index in [1.165, 1.54) is 0 Å². The molecule has 0 aliphatic rings. The molecule has 0 aliphatic carbocycles. The van der Waals surface area contributed by atoms with Crippen LogP contribution in [-0.2, 0) is 9.63 Å². The molecular weight excluding hydrogens is 474 g/mol. The highest BCUT2D eigenvalue weighted by Crippen LogP contribution is 2.40. The Morgan fingerprint density at radius 2 is 1.32 bits per heavy atom. The molecule has 0 saturated carbocycles. The van der Waals surface area contributed by atoms with E-state index in [1.807, 2.05) is 65.7 Å². The summed E-state index contributed by atoms with van der Waals surface area (Å²) in [6, 6.07) is 27.2. The van der Waals surface area contributed by atoms with Crippen LogP contribution >= 0.6 is 0 Å². The van der Waals surface area contributed by atoms with Gasteiger partial charge < -0.3 is 10.2 Å². The molecule has 0 fully saturated rings. The predicted molar refractivity (Wildman–Crippen MR) is 153 cm³/mol. The Morgan fingerprint density at radius 3 is 1.79 bits per heavy atom. The van der Waals surface area contributed by atoms with Crippen LogP contribution in [0.4, 0.5) is 0 Å². The first-order valence-electron chi connectivity index (χ1n) is 13.5. The molecule has 0 aromatic heterocycles. The maximum Gasteiger partial charge on any atom is 0.306 e. The number of hydroxylamine groups is 2. The molecule has 204 valence electrons. The Balaban J connectivity index is 1.98. The number of hydrogen-bond acceptors (Lipinski definition) is 4. The van der Waals surface area contributed by atoms with Gasteiger partial charge in [-0.05, 0) is 74.3 Å². The molecule has 4 unspecified atom stereocenters.